The van der Waals surface area contributed by atoms with Crippen molar-refractivity contribution in [2.75, 3.05) is 0 Å². The van der Waals surface area contributed by atoms with E-state index in [0.717, 1.165) is 10.5 Å². The Balaban J connectivity index is 2.89. The third-order valence-electron chi connectivity index (χ3n) is 2.82. The van der Waals surface area contributed by atoms with Gasteiger partial charge in [0.05, 0.1) is 22.2 Å². The topological polar surface area (TPSA) is 37.3 Å². The lowest BCUT2D eigenvalue weighted by atomic mass is 10.1. The van der Waals surface area contributed by atoms with Gasteiger partial charge in [0.2, 0.25) is 0 Å². The lowest BCUT2D eigenvalue weighted by Gasteiger charge is -2.18. The van der Waals surface area contributed by atoms with Crippen molar-refractivity contribution in [2.45, 2.75) is 50.4 Å². The normalized spacial score (nSPS) is 15.8. The Labute approximate surface area is 112 Å². The van der Waals surface area contributed by atoms with Gasteiger partial charge in [-0.15, -0.1) is 0 Å². The highest BCUT2D eigenvalue weighted by Gasteiger charge is 2.22. The van der Waals surface area contributed by atoms with Crippen LogP contribution in [0.25, 0.3) is 0 Å². The zero-order valence-corrected chi connectivity index (χ0v) is 12.3. The van der Waals surface area contributed by atoms with Crippen LogP contribution in [0.5, 0.6) is 0 Å². The molecular weight excluding hydrogens is 244 g/mol. The number of rotatable bonds is 5. The maximum Gasteiger partial charge on any atom is 0.0685 e. The number of benzene rings is 1. The van der Waals surface area contributed by atoms with Crippen LogP contribution in [0.3, 0.4) is 0 Å². The number of aryl methyl sites for hydroxylation is 1. The predicted octanol–water partition coefficient (Wildman–Crippen LogP) is 3.21. The molecule has 0 aliphatic carbocycles. The molecule has 0 saturated heterocycles. The van der Waals surface area contributed by atoms with Crippen molar-refractivity contribution >= 4 is 10.8 Å². The van der Waals surface area contributed by atoms with Gasteiger partial charge in [0, 0.05) is 4.90 Å². The molecule has 1 unspecified atom stereocenters. The van der Waals surface area contributed by atoms with Crippen LogP contribution in [0.2, 0.25) is 0 Å². The highest BCUT2D eigenvalue weighted by molar-refractivity contribution is 7.85. The SMILES string of the molecule is CC(C)=CC[C@H]([C@H](C)O)S(=O)c1ccc(C)cc1. The summed E-state index contributed by atoms with van der Waals surface area (Å²) in [5, 5.41) is 9.54. The van der Waals surface area contributed by atoms with E-state index in [0.29, 0.717) is 6.42 Å². The van der Waals surface area contributed by atoms with Crippen LogP contribution in [0.15, 0.2) is 40.8 Å². The van der Waals surface area contributed by atoms with E-state index < -0.39 is 16.9 Å². The molecule has 1 aromatic carbocycles. The second-order valence-corrected chi connectivity index (χ2v) is 6.58. The van der Waals surface area contributed by atoms with Crippen molar-refractivity contribution in [2.24, 2.45) is 0 Å². The summed E-state index contributed by atoms with van der Waals surface area (Å²) in [5.74, 6) is 0. The first kappa shape index (κ1) is 15.1. The summed E-state index contributed by atoms with van der Waals surface area (Å²) in [7, 11) is -1.17. The highest BCUT2D eigenvalue weighted by atomic mass is 32.2. The number of allylic oxidation sites excluding steroid dienone is 2. The summed E-state index contributed by atoms with van der Waals surface area (Å²) in [5.41, 5.74) is 2.33. The molecule has 0 saturated carbocycles. The minimum absolute atomic E-state index is 0.248. The first-order chi connectivity index (χ1) is 8.41. The van der Waals surface area contributed by atoms with E-state index in [9.17, 15) is 9.32 Å². The molecule has 100 valence electrons. The number of aliphatic hydroxyl groups is 1. The molecule has 0 heterocycles. The van der Waals surface area contributed by atoms with Gasteiger partial charge in [0.15, 0.2) is 0 Å². The van der Waals surface area contributed by atoms with Crippen LogP contribution < -0.4 is 0 Å². The van der Waals surface area contributed by atoms with Gasteiger partial charge in [0.1, 0.15) is 0 Å². The smallest absolute Gasteiger partial charge is 0.0685 e. The van der Waals surface area contributed by atoms with Crippen LogP contribution in [0.4, 0.5) is 0 Å². The van der Waals surface area contributed by atoms with Crippen LogP contribution in [-0.4, -0.2) is 20.7 Å². The van der Waals surface area contributed by atoms with Gasteiger partial charge in [-0.2, -0.15) is 0 Å². The third-order valence-corrected chi connectivity index (χ3v) is 4.70. The number of hydrogen-bond acceptors (Lipinski definition) is 2. The fourth-order valence-electron chi connectivity index (χ4n) is 1.66. The molecule has 0 spiro atoms. The fourth-order valence-corrected chi connectivity index (χ4v) is 3.04. The summed E-state index contributed by atoms with van der Waals surface area (Å²) in [6, 6.07) is 7.66. The van der Waals surface area contributed by atoms with Crippen LogP contribution in [0, 0.1) is 6.92 Å². The van der Waals surface area contributed by atoms with Gasteiger partial charge in [-0.05, 0) is 46.2 Å². The van der Waals surface area contributed by atoms with Gasteiger partial charge < -0.3 is 5.11 Å². The van der Waals surface area contributed by atoms with Crippen molar-refractivity contribution in [3.05, 3.63) is 41.5 Å². The number of aliphatic hydroxyl groups excluding tert-OH is 1. The lowest BCUT2D eigenvalue weighted by molar-refractivity contribution is 0.190. The van der Waals surface area contributed by atoms with Crippen LogP contribution >= 0.6 is 0 Å². The van der Waals surface area contributed by atoms with E-state index in [1.807, 2.05) is 51.1 Å². The maximum absolute atomic E-state index is 12.4. The molecule has 0 radical (unpaired) electrons. The van der Waals surface area contributed by atoms with Gasteiger partial charge in [-0.1, -0.05) is 29.3 Å². The zero-order valence-electron chi connectivity index (χ0n) is 11.5. The molecule has 0 bridgehead atoms. The Hall–Kier alpha value is -0.930. The van der Waals surface area contributed by atoms with E-state index in [2.05, 4.69) is 0 Å². The first-order valence-electron chi connectivity index (χ1n) is 6.20. The summed E-state index contributed by atoms with van der Waals surface area (Å²) < 4.78 is 12.4. The first-order valence-corrected chi connectivity index (χ1v) is 7.41. The third kappa shape index (κ3) is 4.39. The van der Waals surface area contributed by atoms with Crippen molar-refractivity contribution in [1.29, 1.82) is 0 Å². The van der Waals surface area contributed by atoms with Crippen molar-refractivity contribution in [3.63, 3.8) is 0 Å². The minimum atomic E-state index is -1.17. The van der Waals surface area contributed by atoms with Gasteiger partial charge in [0.25, 0.3) is 0 Å². The van der Waals surface area contributed by atoms with E-state index in [4.69, 9.17) is 0 Å². The van der Waals surface area contributed by atoms with E-state index in [1.165, 1.54) is 5.57 Å². The van der Waals surface area contributed by atoms with Gasteiger partial charge >= 0.3 is 0 Å². The number of hydrogen-bond donors (Lipinski definition) is 1. The summed E-state index contributed by atoms with van der Waals surface area (Å²) in [4.78, 5) is 0.786. The Morgan fingerprint density at radius 3 is 2.33 bits per heavy atom. The summed E-state index contributed by atoms with van der Waals surface area (Å²) in [6.07, 6.45) is 2.09. The summed E-state index contributed by atoms with van der Waals surface area (Å²) >= 11 is 0. The van der Waals surface area contributed by atoms with Crippen molar-refractivity contribution in [1.82, 2.24) is 0 Å². The Kier molecular flexibility index (Phi) is 5.76. The predicted molar refractivity (Wildman–Crippen MR) is 77.1 cm³/mol. The van der Waals surface area contributed by atoms with Gasteiger partial charge in [-0.25, -0.2) is 0 Å². The Morgan fingerprint density at radius 2 is 1.89 bits per heavy atom. The van der Waals surface area contributed by atoms with Crippen LogP contribution in [0.1, 0.15) is 32.8 Å². The average Bonchev–Trinajstić information content (AvgIpc) is 2.29. The molecule has 1 N–H and O–H groups in total. The molecule has 1 aromatic rings. The molecule has 1 rings (SSSR count). The molecule has 0 amide bonds. The largest absolute Gasteiger partial charge is 0.392 e. The molecule has 18 heavy (non-hydrogen) atoms. The monoisotopic (exact) mass is 266 g/mol. The molecule has 0 fully saturated rings. The second kappa shape index (κ2) is 6.86. The fraction of sp³-hybridized carbons (Fsp3) is 0.467. The molecule has 0 aliphatic rings. The van der Waals surface area contributed by atoms with E-state index in [1.54, 1.807) is 6.92 Å². The maximum atomic E-state index is 12.4. The Morgan fingerprint density at radius 1 is 1.33 bits per heavy atom. The molecule has 2 nitrogen and oxygen atoms in total. The lowest BCUT2D eigenvalue weighted by Crippen LogP contribution is -2.27. The quantitative estimate of drug-likeness (QED) is 0.831. The van der Waals surface area contributed by atoms with Crippen LogP contribution in [-0.2, 0) is 10.8 Å². The molecule has 3 atom stereocenters. The molecule has 3 heteroatoms. The average molecular weight is 266 g/mol. The van der Waals surface area contributed by atoms with E-state index >= 15 is 0 Å². The molecular formula is C15H22O2S. The minimum Gasteiger partial charge on any atom is -0.392 e. The summed E-state index contributed by atoms with van der Waals surface area (Å²) in [6.45, 7) is 7.72. The van der Waals surface area contributed by atoms with Crippen molar-refractivity contribution < 1.29 is 9.32 Å². The zero-order chi connectivity index (χ0) is 13.7. The van der Waals surface area contributed by atoms with Gasteiger partial charge in [-0.3, -0.25) is 4.21 Å². The van der Waals surface area contributed by atoms with Crippen molar-refractivity contribution in [3.8, 4) is 0 Å². The Bertz CT molecular complexity index is 428. The second-order valence-electron chi connectivity index (χ2n) is 4.91. The highest BCUT2D eigenvalue weighted by Crippen LogP contribution is 2.18. The molecule has 0 aliphatic heterocycles. The molecule has 0 aromatic heterocycles. The standard InChI is InChI=1S/C15H22O2S/c1-11(2)5-10-15(13(4)16)18(17)14-8-6-12(3)7-9-14/h5-9,13,15-16H,10H2,1-4H3/t13-,15+,18?/m0/s1. The van der Waals surface area contributed by atoms with E-state index in [-0.39, 0.29) is 5.25 Å².